The van der Waals surface area contributed by atoms with E-state index < -0.39 is 5.97 Å². The van der Waals surface area contributed by atoms with Crippen molar-refractivity contribution in [1.29, 1.82) is 0 Å². The van der Waals surface area contributed by atoms with Crippen LogP contribution in [0.5, 0.6) is 11.5 Å². The molecule has 0 aliphatic heterocycles. The summed E-state index contributed by atoms with van der Waals surface area (Å²) in [5, 5.41) is 22.9. The van der Waals surface area contributed by atoms with Gasteiger partial charge in [-0.15, -0.1) is 0 Å². The zero-order chi connectivity index (χ0) is 15.4. The highest BCUT2D eigenvalue weighted by Crippen LogP contribution is 2.34. The molecule has 0 spiro atoms. The molecule has 0 radical (unpaired) electrons. The van der Waals surface area contributed by atoms with Gasteiger partial charge in [0.2, 0.25) is 0 Å². The number of ether oxygens (including phenoxy) is 1. The van der Waals surface area contributed by atoms with Crippen LogP contribution >= 0.6 is 11.6 Å². The molecule has 1 aromatic carbocycles. The van der Waals surface area contributed by atoms with Gasteiger partial charge in [-0.3, -0.25) is 4.79 Å². The fraction of sp³-hybridized carbons (Fsp3) is 0.533. The molecule has 1 fully saturated rings. The Balaban J connectivity index is 1.95. The number of carboxylic acids is 1. The average molecular weight is 314 g/mol. The van der Waals surface area contributed by atoms with E-state index in [0.717, 1.165) is 19.3 Å². The summed E-state index contributed by atoms with van der Waals surface area (Å²) in [6, 6.07) is 3.23. The number of halogens is 1. The number of nitrogens with one attached hydrogen (secondary N) is 1. The first-order valence-electron chi connectivity index (χ1n) is 7.01. The first-order valence-corrected chi connectivity index (χ1v) is 7.39. The number of aliphatic carboxylic acids is 1. The standard InChI is InChI=1S/C15H20ClNO4/c1-21-13-6-11(16)5-10(14(13)18)8-17-7-9-3-2-4-12(9)15(19)20/h5-6,9,12,17-18H,2-4,7-8H2,1H3,(H,19,20). The van der Waals surface area contributed by atoms with Gasteiger partial charge in [-0.1, -0.05) is 18.0 Å². The number of carbonyl (C=O) groups is 1. The average Bonchev–Trinajstić information content (AvgIpc) is 2.90. The predicted octanol–water partition coefficient (Wildman–Crippen LogP) is 2.64. The van der Waals surface area contributed by atoms with E-state index in [9.17, 15) is 9.90 Å². The van der Waals surface area contributed by atoms with Crippen LogP contribution in [0.2, 0.25) is 5.02 Å². The summed E-state index contributed by atoms with van der Waals surface area (Å²) >= 11 is 5.97. The Morgan fingerprint density at radius 2 is 2.24 bits per heavy atom. The summed E-state index contributed by atoms with van der Waals surface area (Å²) in [5.41, 5.74) is 0.643. The van der Waals surface area contributed by atoms with Gasteiger partial charge in [0, 0.05) is 23.2 Å². The largest absolute Gasteiger partial charge is 0.504 e. The minimum atomic E-state index is -0.716. The number of phenols is 1. The normalized spacial score (nSPS) is 21.4. The molecule has 1 saturated carbocycles. The van der Waals surface area contributed by atoms with E-state index in [1.165, 1.54) is 7.11 Å². The Labute approximate surface area is 128 Å². The van der Waals surface area contributed by atoms with Crippen molar-refractivity contribution in [1.82, 2.24) is 5.32 Å². The second kappa shape index (κ2) is 7.00. The molecule has 1 aromatic rings. The van der Waals surface area contributed by atoms with Crippen molar-refractivity contribution in [2.24, 2.45) is 11.8 Å². The van der Waals surface area contributed by atoms with Crippen LogP contribution in [-0.4, -0.2) is 29.8 Å². The van der Waals surface area contributed by atoms with Gasteiger partial charge in [-0.25, -0.2) is 0 Å². The fourth-order valence-electron chi connectivity index (χ4n) is 2.92. The van der Waals surface area contributed by atoms with Crippen LogP contribution in [0.15, 0.2) is 12.1 Å². The Kier molecular flexibility index (Phi) is 5.31. The van der Waals surface area contributed by atoms with Crippen LogP contribution in [0, 0.1) is 11.8 Å². The van der Waals surface area contributed by atoms with Gasteiger partial charge in [-0.05, 0) is 31.4 Å². The monoisotopic (exact) mass is 313 g/mol. The number of hydrogen-bond acceptors (Lipinski definition) is 4. The molecule has 0 amide bonds. The zero-order valence-electron chi connectivity index (χ0n) is 11.9. The third kappa shape index (κ3) is 3.80. The maximum atomic E-state index is 11.1. The number of carboxylic acid groups (broad SMARTS) is 1. The Hall–Kier alpha value is -1.46. The van der Waals surface area contributed by atoms with E-state index in [1.54, 1.807) is 12.1 Å². The number of phenolic OH excluding ortho intramolecular Hbond substituents is 1. The molecule has 2 rings (SSSR count). The molecule has 3 N–H and O–H groups in total. The topological polar surface area (TPSA) is 78.8 Å². The van der Waals surface area contributed by atoms with Crippen molar-refractivity contribution in [2.45, 2.75) is 25.8 Å². The number of rotatable bonds is 6. The van der Waals surface area contributed by atoms with Crippen molar-refractivity contribution in [3.05, 3.63) is 22.7 Å². The van der Waals surface area contributed by atoms with Crippen molar-refractivity contribution in [2.75, 3.05) is 13.7 Å². The molecule has 1 aliphatic rings. The lowest BCUT2D eigenvalue weighted by atomic mass is 9.96. The van der Waals surface area contributed by atoms with Crippen molar-refractivity contribution < 1.29 is 19.7 Å². The molecule has 0 bridgehead atoms. The Morgan fingerprint density at radius 3 is 2.90 bits per heavy atom. The second-order valence-corrected chi connectivity index (χ2v) is 5.82. The molecule has 6 heteroatoms. The first kappa shape index (κ1) is 15.9. The van der Waals surface area contributed by atoms with Gasteiger partial charge in [0.25, 0.3) is 0 Å². The summed E-state index contributed by atoms with van der Waals surface area (Å²) in [6.07, 6.45) is 2.63. The highest BCUT2D eigenvalue weighted by Gasteiger charge is 2.32. The number of benzene rings is 1. The van der Waals surface area contributed by atoms with Crippen LogP contribution in [-0.2, 0) is 11.3 Å². The number of hydrogen-bond donors (Lipinski definition) is 3. The van der Waals surface area contributed by atoms with Gasteiger partial charge in [-0.2, -0.15) is 0 Å². The fourth-order valence-corrected chi connectivity index (χ4v) is 3.15. The van der Waals surface area contributed by atoms with E-state index >= 15 is 0 Å². The first-order chi connectivity index (χ1) is 10.0. The maximum absolute atomic E-state index is 11.1. The minimum Gasteiger partial charge on any atom is -0.504 e. The minimum absolute atomic E-state index is 0.0654. The van der Waals surface area contributed by atoms with Gasteiger partial charge in [0.05, 0.1) is 13.0 Å². The lowest BCUT2D eigenvalue weighted by molar-refractivity contribution is -0.142. The molecule has 116 valence electrons. The summed E-state index contributed by atoms with van der Waals surface area (Å²) in [4.78, 5) is 11.1. The van der Waals surface area contributed by atoms with Gasteiger partial charge in [0.15, 0.2) is 11.5 Å². The summed E-state index contributed by atoms with van der Waals surface area (Å²) in [7, 11) is 1.47. The highest BCUT2D eigenvalue weighted by molar-refractivity contribution is 6.30. The summed E-state index contributed by atoms with van der Waals surface area (Å²) in [5.74, 6) is -0.434. The molecule has 0 heterocycles. The molecule has 5 nitrogen and oxygen atoms in total. The lowest BCUT2D eigenvalue weighted by Crippen LogP contribution is -2.28. The molecule has 0 aromatic heterocycles. The predicted molar refractivity (Wildman–Crippen MR) is 79.8 cm³/mol. The van der Waals surface area contributed by atoms with Gasteiger partial charge < -0.3 is 20.3 Å². The van der Waals surface area contributed by atoms with Crippen molar-refractivity contribution in [3.63, 3.8) is 0 Å². The number of methoxy groups -OCH3 is 1. The lowest BCUT2D eigenvalue weighted by Gasteiger charge is -2.17. The third-order valence-corrected chi connectivity index (χ3v) is 4.26. The van der Waals surface area contributed by atoms with Crippen LogP contribution in [0.3, 0.4) is 0 Å². The van der Waals surface area contributed by atoms with Gasteiger partial charge in [0.1, 0.15) is 0 Å². The number of aromatic hydroxyl groups is 1. The highest BCUT2D eigenvalue weighted by atomic mass is 35.5. The van der Waals surface area contributed by atoms with E-state index in [-0.39, 0.29) is 17.6 Å². The molecular formula is C15H20ClNO4. The van der Waals surface area contributed by atoms with Crippen molar-refractivity contribution >= 4 is 17.6 Å². The van der Waals surface area contributed by atoms with Crippen LogP contribution in [0.25, 0.3) is 0 Å². The molecule has 2 unspecified atom stereocenters. The summed E-state index contributed by atoms with van der Waals surface area (Å²) in [6.45, 7) is 1.04. The van der Waals surface area contributed by atoms with E-state index in [1.807, 2.05) is 0 Å². The quantitative estimate of drug-likeness (QED) is 0.752. The van der Waals surface area contributed by atoms with Crippen LogP contribution < -0.4 is 10.1 Å². The molecular weight excluding hydrogens is 294 g/mol. The zero-order valence-corrected chi connectivity index (χ0v) is 12.7. The van der Waals surface area contributed by atoms with E-state index in [4.69, 9.17) is 21.4 Å². The van der Waals surface area contributed by atoms with Crippen LogP contribution in [0.1, 0.15) is 24.8 Å². The SMILES string of the molecule is COc1cc(Cl)cc(CNCC2CCCC2C(=O)O)c1O. The smallest absolute Gasteiger partial charge is 0.306 e. The molecule has 0 saturated heterocycles. The van der Waals surface area contributed by atoms with Crippen LogP contribution in [0.4, 0.5) is 0 Å². The van der Waals surface area contributed by atoms with E-state index in [0.29, 0.717) is 29.4 Å². The van der Waals surface area contributed by atoms with E-state index in [2.05, 4.69) is 5.32 Å². The Bertz CT molecular complexity index is 521. The summed E-state index contributed by atoms with van der Waals surface area (Å²) < 4.78 is 5.05. The third-order valence-electron chi connectivity index (χ3n) is 4.04. The molecule has 1 aliphatic carbocycles. The maximum Gasteiger partial charge on any atom is 0.306 e. The molecule has 21 heavy (non-hydrogen) atoms. The second-order valence-electron chi connectivity index (χ2n) is 5.38. The van der Waals surface area contributed by atoms with Gasteiger partial charge >= 0.3 is 5.97 Å². The molecule has 2 atom stereocenters. The van der Waals surface area contributed by atoms with Crippen molar-refractivity contribution in [3.8, 4) is 11.5 Å². The Morgan fingerprint density at radius 1 is 1.48 bits per heavy atom.